The lowest BCUT2D eigenvalue weighted by Gasteiger charge is -2.26. The molecule has 0 fully saturated rings. The molecule has 64 heavy (non-hydrogen) atoms. The number of carbonyl (C=O) groups is 4. The van der Waals surface area contributed by atoms with Gasteiger partial charge in [-0.15, -0.1) is 0 Å². The fourth-order valence-corrected chi connectivity index (χ4v) is 7.30. The van der Waals surface area contributed by atoms with Gasteiger partial charge in [0, 0.05) is 17.7 Å². The molecule has 4 aromatic carbocycles. The van der Waals surface area contributed by atoms with Gasteiger partial charge in [0.25, 0.3) is 5.91 Å². The first-order chi connectivity index (χ1) is 30.7. The topological polar surface area (TPSA) is 222 Å². The van der Waals surface area contributed by atoms with Gasteiger partial charge in [-0.2, -0.15) is 0 Å². The number of fused-ring (bicyclic) bond motifs is 2. The Hall–Kier alpha value is -5.89. The molecule has 0 spiro atoms. The normalized spacial score (nSPS) is 12.8. The molecule has 0 aliphatic rings. The molecule has 0 radical (unpaired) electrons. The fraction of sp³-hybridized carbons (Fsp3) is 0.500. The van der Waals surface area contributed by atoms with E-state index in [1.807, 2.05) is 88.4 Å². The van der Waals surface area contributed by atoms with E-state index in [0.29, 0.717) is 68.6 Å². The van der Waals surface area contributed by atoms with E-state index in [0.717, 1.165) is 39.1 Å². The lowest BCUT2D eigenvalue weighted by atomic mass is 9.92. The van der Waals surface area contributed by atoms with Gasteiger partial charge in [-0.1, -0.05) is 102 Å². The third-order valence-corrected chi connectivity index (χ3v) is 10.8. The van der Waals surface area contributed by atoms with Crippen LogP contribution in [0.1, 0.15) is 92.9 Å². The van der Waals surface area contributed by atoms with Crippen molar-refractivity contribution in [2.24, 2.45) is 39.9 Å². The molecule has 0 saturated heterocycles. The number of amides is 3. The summed E-state index contributed by atoms with van der Waals surface area (Å²) in [7, 11) is 0. The van der Waals surface area contributed by atoms with E-state index in [2.05, 4.69) is 46.9 Å². The zero-order chi connectivity index (χ0) is 46.6. The van der Waals surface area contributed by atoms with Crippen LogP contribution in [0.15, 0.2) is 77.8 Å². The molecule has 0 bridgehead atoms. The maximum Gasteiger partial charge on any atom is 0.328 e. The molecule has 14 heteroatoms. The predicted molar refractivity (Wildman–Crippen MR) is 256 cm³/mol. The number of guanidine groups is 1. The standard InChI is InChI=1S/C50H71N7O7/c1-32(2)24-28-62-42-22-20-35-14-7-9-16-37(35)45(42)46-38-17-10-8-15-36(38)21-23-43(46)64-31-44(58)55-39(18-11-12-26-51)47(59)56-40(19-13-27-54-50(52)53)48(60)57-41(30-34(5)6)49(61)63-29-25-33(3)4/h7-10,14-17,20-23,32-34,39-41H,11-13,18-19,24-31,51H2,1-6H3,(H,55,58)(H,56,59)(H,57,60)(H4,52,53,54)/t39-,40+,41-/m1/s1. The zero-order valence-corrected chi connectivity index (χ0v) is 38.6. The molecule has 3 atom stereocenters. The van der Waals surface area contributed by atoms with Gasteiger partial charge in [0.2, 0.25) is 11.8 Å². The van der Waals surface area contributed by atoms with Crippen LogP contribution in [0.25, 0.3) is 32.7 Å². The third kappa shape index (κ3) is 16.0. The highest BCUT2D eigenvalue weighted by Crippen LogP contribution is 2.45. The van der Waals surface area contributed by atoms with Crippen LogP contribution in [0.4, 0.5) is 0 Å². The molecule has 0 aliphatic heterocycles. The van der Waals surface area contributed by atoms with Crippen molar-refractivity contribution in [1.29, 1.82) is 0 Å². The van der Waals surface area contributed by atoms with Crippen LogP contribution in [-0.4, -0.2) is 80.7 Å². The molecule has 348 valence electrons. The summed E-state index contributed by atoms with van der Waals surface area (Å²) in [5.41, 5.74) is 18.5. The Labute approximate surface area is 378 Å². The minimum absolute atomic E-state index is 0.0602. The Morgan fingerprint density at radius 1 is 0.594 bits per heavy atom. The Morgan fingerprint density at radius 3 is 1.69 bits per heavy atom. The number of nitrogens with one attached hydrogen (secondary N) is 3. The molecule has 0 unspecified atom stereocenters. The molecule has 3 amide bonds. The Bertz CT molecular complexity index is 2170. The average molecular weight is 882 g/mol. The molecule has 0 heterocycles. The van der Waals surface area contributed by atoms with Gasteiger partial charge in [0.15, 0.2) is 12.6 Å². The van der Waals surface area contributed by atoms with E-state index in [-0.39, 0.29) is 37.9 Å². The number of hydrogen-bond acceptors (Lipinski definition) is 9. The number of benzene rings is 4. The number of unbranched alkanes of at least 4 members (excludes halogenated alkanes) is 1. The second-order valence-corrected chi connectivity index (χ2v) is 17.6. The molecule has 4 aromatic rings. The number of nitrogens with two attached hydrogens (primary N) is 3. The lowest BCUT2D eigenvalue weighted by molar-refractivity contribution is -0.149. The van der Waals surface area contributed by atoms with Gasteiger partial charge in [-0.25, -0.2) is 4.79 Å². The van der Waals surface area contributed by atoms with Crippen molar-refractivity contribution in [2.45, 2.75) is 111 Å². The largest absolute Gasteiger partial charge is 0.493 e. The van der Waals surface area contributed by atoms with E-state index in [4.69, 9.17) is 31.4 Å². The fourth-order valence-electron chi connectivity index (χ4n) is 7.30. The van der Waals surface area contributed by atoms with Gasteiger partial charge >= 0.3 is 5.97 Å². The Kier molecular flexibility index (Phi) is 20.6. The number of aliphatic imine (C=N–C) groups is 1. The average Bonchev–Trinajstić information content (AvgIpc) is 3.25. The van der Waals surface area contributed by atoms with Crippen molar-refractivity contribution in [3.8, 4) is 22.6 Å². The SMILES string of the molecule is CC(C)CCOC(=O)[C@@H](CC(C)C)NC(=O)[C@H](CCCN=C(N)N)NC(=O)[C@@H](CCCCN)NC(=O)COc1ccc2ccccc2c1-c1c(OCCC(C)C)ccc2ccccc12. The van der Waals surface area contributed by atoms with Gasteiger partial charge < -0.3 is 47.4 Å². The number of esters is 1. The summed E-state index contributed by atoms with van der Waals surface area (Å²) in [6.45, 7) is 13.2. The molecule has 14 nitrogen and oxygen atoms in total. The third-order valence-electron chi connectivity index (χ3n) is 10.8. The molecule has 0 saturated carbocycles. The Morgan fingerprint density at radius 2 is 1.12 bits per heavy atom. The first kappa shape index (κ1) is 50.8. The minimum Gasteiger partial charge on any atom is -0.493 e. The summed E-state index contributed by atoms with van der Waals surface area (Å²) < 4.78 is 18.4. The summed E-state index contributed by atoms with van der Waals surface area (Å²) >= 11 is 0. The number of carbonyl (C=O) groups excluding carboxylic acids is 4. The van der Waals surface area contributed by atoms with E-state index in [9.17, 15) is 19.2 Å². The number of rotatable bonds is 27. The smallest absolute Gasteiger partial charge is 0.328 e. The van der Waals surface area contributed by atoms with Crippen molar-refractivity contribution in [1.82, 2.24) is 16.0 Å². The first-order valence-electron chi connectivity index (χ1n) is 22.8. The van der Waals surface area contributed by atoms with E-state index >= 15 is 0 Å². The summed E-state index contributed by atoms with van der Waals surface area (Å²) in [5, 5.41) is 12.5. The van der Waals surface area contributed by atoms with Crippen LogP contribution in [-0.2, 0) is 23.9 Å². The van der Waals surface area contributed by atoms with Gasteiger partial charge in [0.1, 0.15) is 29.6 Å². The number of ether oxygens (including phenoxy) is 3. The zero-order valence-electron chi connectivity index (χ0n) is 38.6. The van der Waals surface area contributed by atoms with E-state index in [1.165, 1.54) is 0 Å². The second-order valence-electron chi connectivity index (χ2n) is 17.6. The Balaban J connectivity index is 1.60. The second kappa shape index (κ2) is 26.0. The van der Waals surface area contributed by atoms with Crippen molar-refractivity contribution in [3.05, 3.63) is 72.8 Å². The van der Waals surface area contributed by atoms with Crippen LogP contribution in [0.3, 0.4) is 0 Å². The first-order valence-corrected chi connectivity index (χ1v) is 22.8. The van der Waals surface area contributed by atoms with Crippen LogP contribution in [0.2, 0.25) is 0 Å². The van der Waals surface area contributed by atoms with Crippen molar-refractivity contribution < 1.29 is 33.4 Å². The molecular weight excluding hydrogens is 811 g/mol. The highest BCUT2D eigenvalue weighted by Gasteiger charge is 2.31. The number of nitrogens with zero attached hydrogens (tertiary/aromatic N) is 1. The van der Waals surface area contributed by atoms with Crippen molar-refractivity contribution >= 4 is 51.2 Å². The quantitative estimate of drug-likeness (QED) is 0.0160. The molecular formula is C50H71N7O7. The van der Waals surface area contributed by atoms with Crippen molar-refractivity contribution in [3.63, 3.8) is 0 Å². The van der Waals surface area contributed by atoms with Gasteiger partial charge in [-0.3, -0.25) is 19.4 Å². The minimum atomic E-state index is -1.08. The molecule has 0 aromatic heterocycles. The van der Waals surface area contributed by atoms with Crippen molar-refractivity contribution in [2.75, 3.05) is 32.9 Å². The maximum absolute atomic E-state index is 14.1. The predicted octanol–water partition coefficient (Wildman–Crippen LogP) is 6.74. The molecule has 9 N–H and O–H groups in total. The van der Waals surface area contributed by atoms with E-state index < -0.39 is 48.4 Å². The highest BCUT2D eigenvalue weighted by atomic mass is 16.5. The highest BCUT2D eigenvalue weighted by molar-refractivity contribution is 6.10. The van der Waals surface area contributed by atoms with E-state index in [1.54, 1.807) is 0 Å². The van der Waals surface area contributed by atoms with Crippen LogP contribution in [0, 0.1) is 17.8 Å². The number of hydrogen-bond donors (Lipinski definition) is 6. The molecule has 0 aliphatic carbocycles. The monoisotopic (exact) mass is 882 g/mol. The summed E-state index contributed by atoms with van der Waals surface area (Å²) in [6, 6.07) is 20.9. The lowest BCUT2D eigenvalue weighted by Crippen LogP contribution is -2.56. The van der Waals surface area contributed by atoms with Crippen LogP contribution in [0.5, 0.6) is 11.5 Å². The summed E-state index contributed by atoms with van der Waals surface area (Å²) in [5.74, 6) is -0.281. The molecule has 4 rings (SSSR count). The van der Waals surface area contributed by atoms with Gasteiger partial charge in [-0.05, 0) is 109 Å². The van der Waals surface area contributed by atoms with Crippen LogP contribution >= 0.6 is 0 Å². The maximum atomic E-state index is 14.1. The summed E-state index contributed by atoms with van der Waals surface area (Å²) in [4.78, 5) is 59.1. The van der Waals surface area contributed by atoms with Gasteiger partial charge in [0.05, 0.1) is 13.2 Å². The van der Waals surface area contributed by atoms with Crippen LogP contribution < -0.4 is 42.6 Å². The summed E-state index contributed by atoms with van der Waals surface area (Å²) in [6.07, 6.45) is 3.79.